The summed E-state index contributed by atoms with van der Waals surface area (Å²) < 4.78 is 28.3. The standard InChI is InChI=1S/C14H15F2N3O3S/c1-17-14-19(2)12(21)10(23-14)7-11(20)18-8-3-5-9(6-4-8)22-13(15)16/h3-6,10,13H,7H2,1-2H3,(H,18,20)/t10-/m1/s1. The van der Waals surface area contributed by atoms with Crippen LogP contribution in [0.1, 0.15) is 6.42 Å². The molecule has 0 aliphatic carbocycles. The molecule has 1 aliphatic rings. The molecule has 9 heteroatoms. The molecule has 0 aromatic heterocycles. The Morgan fingerprint density at radius 2 is 2.09 bits per heavy atom. The van der Waals surface area contributed by atoms with Crippen LogP contribution >= 0.6 is 11.8 Å². The number of rotatable bonds is 5. The smallest absolute Gasteiger partial charge is 0.387 e. The summed E-state index contributed by atoms with van der Waals surface area (Å²) in [7, 11) is 3.19. The SMILES string of the molecule is CN=C1S[C@H](CC(=O)Nc2ccc(OC(F)F)cc2)C(=O)N1C. The first kappa shape index (κ1) is 17.2. The number of hydrogen-bond acceptors (Lipinski definition) is 5. The number of aliphatic imine (C=N–C) groups is 1. The van der Waals surface area contributed by atoms with Gasteiger partial charge in [-0.05, 0) is 24.3 Å². The van der Waals surface area contributed by atoms with Gasteiger partial charge in [0.05, 0.1) is 0 Å². The van der Waals surface area contributed by atoms with E-state index in [0.717, 1.165) is 0 Å². The van der Waals surface area contributed by atoms with Crippen LogP contribution in [0.25, 0.3) is 0 Å². The van der Waals surface area contributed by atoms with Gasteiger partial charge >= 0.3 is 6.61 Å². The molecule has 1 heterocycles. The Labute approximate surface area is 135 Å². The van der Waals surface area contributed by atoms with Crippen LogP contribution in [0.5, 0.6) is 5.75 Å². The second kappa shape index (κ2) is 7.40. The van der Waals surface area contributed by atoms with Crippen LogP contribution in [0, 0.1) is 0 Å². The van der Waals surface area contributed by atoms with Gasteiger partial charge < -0.3 is 10.1 Å². The first-order valence-corrected chi connectivity index (χ1v) is 7.54. The third-order valence-electron chi connectivity index (χ3n) is 3.07. The average Bonchev–Trinajstić information content (AvgIpc) is 2.76. The number of nitrogens with one attached hydrogen (secondary N) is 1. The highest BCUT2D eigenvalue weighted by atomic mass is 32.2. The van der Waals surface area contributed by atoms with Crippen LogP contribution < -0.4 is 10.1 Å². The number of benzene rings is 1. The second-order valence-electron chi connectivity index (χ2n) is 4.67. The largest absolute Gasteiger partial charge is 0.435 e. The van der Waals surface area contributed by atoms with Gasteiger partial charge in [0.15, 0.2) is 5.17 Å². The van der Waals surface area contributed by atoms with Gasteiger partial charge in [-0.2, -0.15) is 8.78 Å². The van der Waals surface area contributed by atoms with Crippen molar-refractivity contribution in [1.82, 2.24) is 4.90 Å². The Bertz CT molecular complexity index is 622. The summed E-state index contributed by atoms with van der Waals surface area (Å²) in [6, 6.07) is 5.55. The fourth-order valence-electron chi connectivity index (χ4n) is 2.00. The number of thioether (sulfide) groups is 1. The summed E-state index contributed by atoms with van der Waals surface area (Å²) in [5.74, 6) is -0.513. The molecule has 1 aromatic rings. The molecular weight excluding hydrogens is 328 g/mol. The summed E-state index contributed by atoms with van der Waals surface area (Å²) in [4.78, 5) is 29.3. The van der Waals surface area contributed by atoms with E-state index < -0.39 is 11.9 Å². The van der Waals surface area contributed by atoms with E-state index in [1.807, 2.05) is 0 Å². The molecule has 0 bridgehead atoms. The molecule has 23 heavy (non-hydrogen) atoms. The Kier molecular flexibility index (Phi) is 5.54. The first-order valence-electron chi connectivity index (χ1n) is 6.66. The van der Waals surface area contributed by atoms with Crippen molar-refractivity contribution in [1.29, 1.82) is 0 Å². The zero-order valence-corrected chi connectivity index (χ0v) is 13.3. The van der Waals surface area contributed by atoms with Crippen molar-refractivity contribution in [3.63, 3.8) is 0 Å². The molecule has 2 amide bonds. The molecule has 1 atom stereocenters. The number of carbonyl (C=O) groups excluding carboxylic acids is 2. The number of nitrogens with zero attached hydrogens (tertiary/aromatic N) is 2. The Balaban J connectivity index is 1.91. The van der Waals surface area contributed by atoms with Crippen LogP contribution in [-0.4, -0.2) is 47.8 Å². The maximum Gasteiger partial charge on any atom is 0.387 e. The van der Waals surface area contributed by atoms with Gasteiger partial charge in [0, 0.05) is 26.2 Å². The molecule has 1 aliphatic heterocycles. The predicted molar refractivity (Wildman–Crippen MR) is 83.8 cm³/mol. The van der Waals surface area contributed by atoms with Crippen LogP contribution in [0.15, 0.2) is 29.3 Å². The number of amidine groups is 1. The molecular formula is C14H15F2N3O3S. The highest BCUT2D eigenvalue weighted by Gasteiger charge is 2.36. The zero-order chi connectivity index (χ0) is 17.0. The molecule has 0 unspecified atom stereocenters. The fraction of sp³-hybridized carbons (Fsp3) is 0.357. The number of anilines is 1. The summed E-state index contributed by atoms with van der Waals surface area (Å²) in [6.07, 6.45) is 0.00213. The monoisotopic (exact) mass is 343 g/mol. The van der Waals surface area contributed by atoms with Gasteiger partial charge in [-0.1, -0.05) is 11.8 Å². The Morgan fingerprint density at radius 1 is 1.43 bits per heavy atom. The minimum Gasteiger partial charge on any atom is -0.435 e. The predicted octanol–water partition coefficient (Wildman–Crippen LogP) is 2.18. The van der Waals surface area contributed by atoms with Gasteiger partial charge in [-0.25, -0.2) is 0 Å². The Hall–Kier alpha value is -2.16. The number of carbonyl (C=O) groups is 2. The Morgan fingerprint density at radius 3 is 2.61 bits per heavy atom. The zero-order valence-electron chi connectivity index (χ0n) is 12.5. The number of halogens is 2. The maximum atomic E-state index is 12.0. The fourth-order valence-corrected chi connectivity index (χ4v) is 3.10. The van der Waals surface area contributed by atoms with Crippen LogP contribution in [0.2, 0.25) is 0 Å². The third kappa shape index (κ3) is 4.41. The lowest BCUT2D eigenvalue weighted by molar-refractivity contribution is -0.127. The van der Waals surface area contributed by atoms with E-state index in [1.165, 1.54) is 40.9 Å². The van der Waals surface area contributed by atoms with Crippen molar-refractivity contribution < 1.29 is 23.1 Å². The topological polar surface area (TPSA) is 71.0 Å². The van der Waals surface area contributed by atoms with E-state index in [-0.39, 0.29) is 24.0 Å². The minimum atomic E-state index is -2.90. The van der Waals surface area contributed by atoms with Gasteiger partial charge in [0.2, 0.25) is 11.8 Å². The quantitative estimate of drug-likeness (QED) is 0.889. The van der Waals surface area contributed by atoms with E-state index in [9.17, 15) is 18.4 Å². The number of alkyl halides is 2. The molecule has 1 N–H and O–H groups in total. The second-order valence-corrected chi connectivity index (χ2v) is 5.83. The minimum absolute atomic E-state index is 0.00213. The maximum absolute atomic E-state index is 12.0. The molecule has 124 valence electrons. The van der Waals surface area contributed by atoms with Gasteiger partial charge in [-0.15, -0.1) is 0 Å². The lowest BCUT2D eigenvalue weighted by atomic mass is 10.2. The van der Waals surface area contributed by atoms with Gasteiger partial charge in [0.25, 0.3) is 0 Å². The van der Waals surface area contributed by atoms with Crippen molar-refractivity contribution in [2.45, 2.75) is 18.3 Å². The van der Waals surface area contributed by atoms with E-state index in [4.69, 9.17) is 0 Å². The van der Waals surface area contributed by atoms with Crippen molar-refractivity contribution in [3.8, 4) is 5.75 Å². The van der Waals surface area contributed by atoms with E-state index in [0.29, 0.717) is 10.9 Å². The highest BCUT2D eigenvalue weighted by molar-refractivity contribution is 8.15. The number of amides is 2. The van der Waals surface area contributed by atoms with E-state index >= 15 is 0 Å². The third-order valence-corrected chi connectivity index (χ3v) is 4.39. The molecule has 1 fully saturated rings. The summed E-state index contributed by atoms with van der Waals surface area (Å²) in [6.45, 7) is -2.90. The van der Waals surface area contributed by atoms with Gasteiger partial charge in [-0.3, -0.25) is 19.5 Å². The molecule has 2 rings (SSSR count). The van der Waals surface area contributed by atoms with E-state index in [2.05, 4.69) is 15.0 Å². The number of ether oxygens (including phenoxy) is 1. The van der Waals surface area contributed by atoms with E-state index in [1.54, 1.807) is 14.1 Å². The molecule has 0 radical (unpaired) electrons. The average molecular weight is 343 g/mol. The summed E-state index contributed by atoms with van der Waals surface area (Å²) in [5, 5.41) is 2.67. The molecule has 0 spiro atoms. The molecule has 6 nitrogen and oxygen atoms in total. The van der Waals surface area contributed by atoms with Crippen LogP contribution in [0.3, 0.4) is 0 Å². The first-order chi connectivity index (χ1) is 10.9. The van der Waals surface area contributed by atoms with Crippen molar-refractivity contribution in [2.75, 3.05) is 19.4 Å². The number of hydrogen-bond donors (Lipinski definition) is 1. The van der Waals surface area contributed by atoms with Gasteiger partial charge in [0.1, 0.15) is 11.0 Å². The normalized spacial score (nSPS) is 19.5. The van der Waals surface area contributed by atoms with Crippen molar-refractivity contribution in [2.24, 2.45) is 4.99 Å². The molecule has 0 saturated carbocycles. The van der Waals surface area contributed by atoms with Crippen LogP contribution in [-0.2, 0) is 9.59 Å². The molecule has 1 aromatic carbocycles. The lowest BCUT2D eigenvalue weighted by Gasteiger charge is -2.10. The molecule has 1 saturated heterocycles. The summed E-state index contributed by atoms with van der Waals surface area (Å²) in [5.41, 5.74) is 0.435. The van der Waals surface area contributed by atoms with Crippen molar-refractivity contribution >= 4 is 34.4 Å². The lowest BCUT2D eigenvalue weighted by Crippen LogP contribution is -2.30. The summed E-state index contributed by atoms with van der Waals surface area (Å²) >= 11 is 1.24. The van der Waals surface area contributed by atoms with Crippen molar-refractivity contribution in [3.05, 3.63) is 24.3 Å². The van der Waals surface area contributed by atoms with Crippen LogP contribution in [0.4, 0.5) is 14.5 Å². The highest BCUT2D eigenvalue weighted by Crippen LogP contribution is 2.28.